The monoisotopic (exact) mass is 299 g/mol. The second-order valence-corrected chi connectivity index (χ2v) is 6.82. The van der Waals surface area contributed by atoms with E-state index in [1.807, 2.05) is 20.8 Å². The van der Waals surface area contributed by atoms with Crippen LogP contribution in [0.1, 0.15) is 59.3 Å². The summed E-state index contributed by atoms with van der Waals surface area (Å²) < 4.78 is 10.0. The van der Waals surface area contributed by atoms with E-state index in [9.17, 15) is 9.59 Å². The highest BCUT2D eigenvalue weighted by Crippen LogP contribution is 2.31. The Hall–Kier alpha value is -1.26. The number of rotatable bonds is 4. The summed E-state index contributed by atoms with van der Waals surface area (Å²) in [5.41, 5.74) is -0.487. The van der Waals surface area contributed by atoms with Crippen molar-refractivity contribution in [2.45, 2.75) is 64.9 Å². The number of hydrogen-bond acceptors (Lipinski definition) is 4. The molecular formula is C16H29NO4. The highest BCUT2D eigenvalue weighted by molar-refractivity contribution is 5.69. The van der Waals surface area contributed by atoms with Crippen molar-refractivity contribution in [3.05, 3.63) is 0 Å². The zero-order valence-corrected chi connectivity index (χ0v) is 13.7. The fraction of sp³-hybridized carbons (Fsp3) is 0.875. The number of ether oxygens (including phenoxy) is 2. The van der Waals surface area contributed by atoms with Crippen LogP contribution in [0.2, 0.25) is 0 Å². The van der Waals surface area contributed by atoms with E-state index in [2.05, 4.69) is 5.32 Å². The van der Waals surface area contributed by atoms with E-state index >= 15 is 0 Å². The van der Waals surface area contributed by atoms with Gasteiger partial charge in [0.25, 0.3) is 0 Å². The third kappa shape index (κ3) is 7.34. The highest BCUT2D eigenvalue weighted by Gasteiger charge is 2.27. The molecule has 0 aromatic heterocycles. The molecule has 0 unspecified atom stereocenters. The van der Waals surface area contributed by atoms with Crippen LogP contribution in [0.15, 0.2) is 0 Å². The minimum Gasteiger partial charge on any atom is -0.469 e. The van der Waals surface area contributed by atoms with E-state index in [0.29, 0.717) is 18.9 Å². The van der Waals surface area contributed by atoms with Crippen molar-refractivity contribution in [2.75, 3.05) is 13.7 Å². The first-order chi connectivity index (χ1) is 9.81. The molecule has 5 nitrogen and oxygen atoms in total. The largest absolute Gasteiger partial charge is 0.469 e. The van der Waals surface area contributed by atoms with Crippen LogP contribution in [-0.4, -0.2) is 31.3 Å². The van der Waals surface area contributed by atoms with Crippen LogP contribution >= 0.6 is 0 Å². The van der Waals surface area contributed by atoms with E-state index in [4.69, 9.17) is 9.47 Å². The maximum atomic E-state index is 11.7. The first-order valence-corrected chi connectivity index (χ1v) is 7.85. The maximum Gasteiger partial charge on any atom is 0.407 e. The van der Waals surface area contributed by atoms with Crippen molar-refractivity contribution in [1.82, 2.24) is 5.32 Å². The Morgan fingerprint density at radius 2 is 1.71 bits per heavy atom. The minimum atomic E-state index is -0.487. The molecule has 1 N–H and O–H groups in total. The lowest BCUT2D eigenvalue weighted by Gasteiger charge is -2.26. The lowest BCUT2D eigenvalue weighted by molar-refractivity contribution is -0.142. The molecule has 1 aliphatic rings. The number of methoxy groups -OCH3 is 1. The van der Waals surface area contributed by atoms with Gasteiger partial charge in [0.15, 0.2) is 0 Å². The molecule has 0 aromatic rings. The van der Waals surface area contributed by atoms with E-state index in [1.165, 1.54) is 13.5 Å². The molecule has 1 rings (SSSR count). The van der Waals surface area contributed by atoms with Gasteiger partial charge in [-0.1, -0.05) is 19.3 Å². The van der Waals surface area contributed by atoms with Gasteiger partial charge in [0.05, 0.1) is 7.11 Å². The van der Waals surface area contributed by atoms with Crippen LogP contribution in [0.25, 0.3) is 0 Å². The number of hydrogen-bond donors (Lipinski definition) is 1. The van der Waals surface area contributed by atoms with Crippen molar-refractivity contribution < 1.29 is 19.1 Å². The van der Waals surface area contributed by atoms with E-state index in [1.54, 1.807) is 0 Å². The molecule has 0 saturated heterocycles. The van der Waals surface area contributed by atoms with Gasteiger partial charge in [0, 0.05) is 13.0 Å². The minimum absolute atomic E-state index is 0.163. The van der Waals surface area contributed by atoms with Crippen molar-refractivity contribution in [2.24, 2.45) is 11.8 Å². The molecule has 122 valence electrons. The third-order valence-corrected chi connectivity index (χ3v) is 3.88. The summed E-state index contributed by atoms with van der Waals surface area (Å²) in [6.07, 6.45) is 5.61. The molecule has 0 spiro atoms. The van der Waals surface area contributed by atoms with Crippen LogP contribution in [0, 0.1) is 11.8 Å². The van der Waals surface area contributed by atoms with Crippen LogP contribution in [0.4, 0.5) is 4.79 Å². The van der Waals surface area contributed by atoms with Gasteiger partial charge in [0.1, 0.15) is 5.60 Å². The molecule has 21 heavy (non-hydrogen) atoms. The molecule has 0 bridgehead atoms. The smallest absolute Gasteiger partial charge is 0.407 e. The second-order valence-electron chi connectivity index (χ2n) is 6.82. The predicted molar refractivity (Wildman–Crippen MR) is 80.9 cm³/mol. The topological polar surface area (TPSA) is 64.6 Å². The third-order valence-electron chi connectivity index (χ3n) is 3.88. The number of alkyl carbamates (subject to hydrolysis) is 1. The Balaban J connectivity index is 2.51. The van der Waals surface area contributed by atoms with E-state index in [0.717, 1.165) is 25.7 Å². The first-order valence-electron chi connectivity index (χ1n) is 7.85. The van der Waals surface area contributed by atoms with Crippen molar-refractivity contribution in [3.8, 4) is 0 Å². The summed E-state index contributed by atoms with van der Waals surface area (Å²) >= 11 is 0. The number of carbonyl (C=O) groups is 2. The normalized spacial score (nSPS) is 23.0. The number of nitrogens with one attached hydrogen (secondary N) is 1. The predicted octanol–water partition coefficient (Wildman–Crippen LogP) is 3.27. The van der Waals surface area contributed by atoms with Crippen LogP contribution < -0.4 is 5.32 Å². The molecule has 1 fully saturated rings. The van der Waals surface area contributed by atoms with Gasteiger partial charge in [0.2, 0.25) is 0 Å². The summed E-state index contributed by atoms with van der Waals surface area (Å²) in [5.74, 6) is 0.443. The lowest BCUT2D eigenvalue weighted by atomic mass is 9.85. The number of esters is 1. The Morgan fingerprint density at radius 1 is 1.10 bits per heavy atom. The summed E-state index contributed by atoms with van der Waals surface area (Å²) in [5, 5.41) is 2.84. The average Bonchev–Trinajstić information content (AvgIpc) is 2.59. The summed E-state index contributed by atoms with van der Waals surface area (Å²) in [6, 6.07) is 0. The fourth-order valence-electron chi connectivity index (χ4n) is 2.82. The van der Waals surface area contributed by atoms with Gasteiger partial charge in [-0.3, -0.25) is 4.79 Å². The zero-order valence-electron chi connectivity index (χ0n) is 13.7. The van der Waals surface area contributed by atoms with Gasteiger partial charge < -0.3 is 14.8 Å². The van der Waals surface area contributed by atoms with Crippen LogP contribution in [0.3, 0.4) is 0 Å². The lowest BCUT2D eigenvalue weighted by Crippen LogP contribution is -2.37. The molecular weight excluding hydrogens is 270 g/mol. The molecule has 1 saturated carbocycles. The van der Waals surface area contributed by atoms with Crippen molar-refractivity contribution in [3.63, 3.8) is 0 Å². The van der Waals surface area contributed by atoms with Crippen molar-refractivity contribution >= 4 is 12.1 Å². The average molecular weight is 299 g/mol. The summed E-state index contributed by atoms with van der Waals surface area (Å²) in [4.78, 5) is 23.3. The second kappa shape index (κ2) is 8.25. The van der Waals surface area contributed by atoms with Crippen LogP contribution in [-0.2, 0) is 14.3 Å². The molecule has 0 heterocycles. The molecule has 5 heteroatoms. The van der Waals surface area contributed by atoms with Gasteiger partial charge in [-0.15, -0.1) is 0 Å². The Morgan fingerprint density at radius 3 is 2.29 bits per heavy atom. The number of amides is 1. The molecule has 2 atom stereocenters. The Kier molecular flexibility index (Phi) is 6.99. The Bertz CT molecular complexity index is 349. The maximum absolute atomic E-state index is 11.7. The summed E-state index contributed by atoms with van der Waals surface area (Å²) in [6.45, 7) is 6.10. The zero-order chi connectivity index (χ0) is 15.9. The molecule has 1 aliphatic carbocycles. The first kappa shape index (κ1) is 17.8. The van der Waals surface area contributed by atoms with Crippen molar-refractivity contribution in [1.29, 1.82) is 0 Å². The molecule has 0 aromatic carbocycles. The van der Waals surface area contributed by atoms with Gasteiger partial charge in [-0.05, 0) is 45.4 Å². The van der Waals surface area contributed by atoms with Gasteiger partial charge in [-0.25, -0.2) is 4.79 Å². The highest BCUT2D eigenvalue weighted by atomic mass is 16.6. The standard InChI is InChI=1S/C16H29NO4/c1-16(2,3)21-15(19)17-11-13-9-7-5-6-8-12(13)10-14(18)20-4/h12-13H,5-11H2,1-4H3,(H,17,19)/t12-,13-/m0/s1. The van der Waals surface area contributed by atoms with E-state index < -0.39 is 5.60 Å². The SMILES string of the molecule is COC(=O)C[C@@H]1CCCCC[C@H]1CNC(=O)OC(C)(C)C. The van der Waals surface area contributed by atoms with Gasteiger partial charge in [-0.2, -0.15) is 0 Å². The Labute approximate surface area is 127 Å². The van der Waals surface area contributed by atoms with Gasteiger partial charge >= 0.3 is 12.1 Å². The summed E-state index contributed by atoms with van der Waals surface area (Å²) in [7, 11) is 1.42. The van der Waals surface area contributed by atoms with Crippen LogP contribution in [0.5, 0.6) is 0 Å². The quantitative estimate of drug-likeness (QED) is 0.639. The molecule has 0 radical (unpaired) electrons. The van der Waals surface area contributed by atoms with E-state index in [-0.39, 0.29) is 18.0 Å². The number of carbonyl (C=O) groups excluding carboxylic acids is 2. The fourth-order valence-corrected chi connectivity index (χ4v) is 2.82. The molecule has 1 amide bonds. The molecule has 0 aliphatic heterocycles.